The van der Waals surface area contributed by atoms with Crippen LogP contribution in [0.1, 0.15) is 0 Å². The molecule has 0 aromatic heterocycles. The Morgan fingerprint density at radius 1 is 0.400 bits per heavy atom. The summed E-state index contributed by atoms with van der Waals surface area (Å²) >= 11 is 0. The summed E-state index contributed by atoms with van der Waals surface area (Å²) in [6, 6.07) is 0. The van der Waals surface area contributed by atoms with Crippen LogP contribution in [0, 0.1) is 0 Å². The summed E-state index contributed by atoms with van der Waals surface area (Å²) < 4.78 is 0. The lowest BCUT2D eigenvalue weighted by atomic mass is 10.7. The first-order chi connectivity index (χ1) is 14.5. The maximum atomic E-state index is 3.87. The molecule has 0 aliphatic carbocycles. The molecule has 1 saturated heterocycles. The van der Waals surface area contributed by atoms with Crippen molar-refractivity contribution in [3.8, 4) is 0 Å². The highest BCUT2D eigenvalue weighted by Crippen LogP contribution is 2.71. The van der Waals surface area contributed by atoms with E-state index in [1.807, 2.05) is 36.5 Å². The van der Waals surface area contributed by atoms with Crippen molar-refractivity contribution in [2.24, 2.45) is 0 Å². The highest BCUT2D eigenvalue weighted by Gasteiger charge is 2.72. The average molecular weight is 474 g/mol. The molecule has 1 heterocycles. The first kappa shape index (κ1) is 27.4. The quantitative estimate of drug-likeness (QED) is 0.109. The molecule has 168 valence electrons. The van der Waals surface area contributed by atoms with Crippen LogP contribution in [0.25, 0.3) is 0 Å². The fourth-order valence-electron chi connectivity index (χ4n) is 2.54. The van der Waals surface area contributed by atoms with Gasteiger partial charge in [-0.15, -0.1) is 70.0 Å². The van der Waals surface area contributed by atoms with Gasteiger partial charge in [-0.1, -0.05) is 36.5 Å². The van der Waals surface area contributed by atoms with Gasteiger partial charge in [0.25, 0.3) is 0 Å². The summed E-state index contributed by atoms with van der Waals surface area (Å²) in [5.74, 6) is 0. The molecular weight excluding hydrogens is 435 g/mol. The molecule has 1 aliphatic heterocycles. The maximum absolute atomic E-state index is 3.87. The van der Waals surface area contributed by atoms with E-state index in [-0.39, 0.29) is 0 Å². The number of hydrogen-bond acceptors (Lipinski definition) is 9. The second-order valence-corrected chi connectivity index (χ2v) is 14.5. The third-order valence-corrected chi connectivity index (χ3v) is 14.9. The number of hydrogen-bond donors (Lipinski definition) is 9. The summed E-state index contributed by atoms with van der Waals surface area (Å²) in [5, 5.41) is 21.6. The Hall–Kier alpha value is -0.630. The van der Waals surface area contributed by atoms with Crippen LogP contribution in [0.15, 0.2) is 75.9 Å². The van der Waals surface area contributed by atoms with Gasteiger partial charge < -0.3 is 0 Å². The van der Waals surface area contributed by atoms with Crippen molar-refractivity contribution < 1.29 is 0 Å². The van der Waals surface area contributed by atoms with E-state index in [4.69, 9.17) is 0 Å². The van der Waals surface area contributed by atoms with Gasteiger partial charge in [0, 0.05) is 14.6 Å². The highest BCUT2D eigenvalue weighted by molar-refractivity contribution is 7.97. The third kappa shape index (κ3) is 8.48. The van der Waals surface area contributed by atoms with Crippen LogP contribution >= 0.6 is 23.6 Å². The Labute approximate surface area is 184 Å². The van der Waals surface area contributed by atoms with Crippen molar-refractivity contribution in [1.29, 1.82) is 0 Å². The van der Waals surface area contributed by atoms with Gasteiger partial charge in [0.1, 0.15) is 0 Å². The zero-order chi connectivity index (χ0) is 22.3. The lowest BCUT2D eigenvalue weighted by Crippen LogP contribution is -2.62. The van der Waals surface area contributed by atoms with Gasteiger partial charge in [-0.2, -0.15) is 0 Å². The molecule has 0 saturated carbocycles. The number of rotatable bonds is 18. The van der Waals surface area contributed by atoms with Gasteiger partial charge in [0.2, 0.25) is 0 Å². The van der Waals surface area contributed by atoms with Crippen molar-refractivity contribution >= 4 is 23.6 Å². The largest absolute Gasteiger partial charge is 0.375 e. The molecule has 1 aliphatic rings. The zero-order valence-corrected chi connectivity index (χ0v) is 20.5. The minimum absolute atomic E-state index is 0.615. The van der Waals surface area contributed by atoms with Crippen LogP contribution in [0.5, 0.6) is 0 Å². The summed E-state index contributed by atoms with van der Waals surface area (Å²) in [6.45, 7) is 26.9. The van der Waals surface area contributed by atoms with Gasteiger partial charge in [0.15, 0.2) is 0 Å². The molecule has 0 radical (unpaired) electrons. The first-order valence-corrected chi connectivity index (χ1v) is 15.1. The molecule has 0 amide bonds. The lowest BCUT2D eigenvalue weighted by molar-refractivity contribution is 0.852. The summed E-state index contributed by atoms with van der Waals surface area (Å²) in [4.78, 5) is 11.4. The molecule has 0 bridgehead atoms. The van der Waals surface area contributed by atoms with Crippen molar-refractivity contribution in [2.45, 2.75) is 0 Å². The molecule has 0 unspecified atom stereocenters. The Bertz CT molecular complexity index is 471. The molecule has 0 spiro atoms. The minimum Gasteiger partial charge on any atom is -0.137 e. The molecule has 12 heteroatoms. The minimum atomic E-state index is -2.32. The average Bonchev–Trinajstić information content (AvgIpc) is 2.76. The Morgan fingerprint density at radius 3 is 0.700 bits per heavy atom. The third-order valence-electron chi connectivity index (χ3n) is 3.74. The summed E-state index contributed by atoms with van der Waals surface area (Å²) in [5.41, 5.74) is 0. The lowest BCUT2D eigenvalue weighted by Gasteiger charge is -2.40. The van der Waals surface area contributed by atoms with Crippen LogP contribution in [-0.2, 0) is 0 Å². The standard InChI is InChI=1S/C18H39N9P3/c1-7-13-19-28(20-14-8-2)25-29(21-15-9-3,22-16-10-4)27-30(26-28,23-17-11-5)24-18-12-6/h7-12,19-27H,1-6,13-18H2/q+3. The van der Waals surface area contributed by atoms with Crippen molar-refractivity contribution in [1.82, 2.24) is 45.1 Å². The predicted octanol–water partition coefficient (Wildman–Crippen LogP) is 2.46. The molecule has 30 heavy (non-hydrogen) atoms. The van der Waals surface area contributed by atoms with Crippen molar-refractivity contribution in [3.05, 3.63) is 75.9 Å². The van der Waals surface area contributed by atoms with E-state index < -0.39 is 23.6 Å². The maximum Gasteiger partial charge on any atom is 0.375 e. The van der Waals surface area contributed by atoms with Crippen LogP contribution in [0.4, 0.5) is 0 Å². The molecule has 0 atom stereocenters. The topological polar surface area (TPSA) is 108 Å². The van der Waals surface area contributed by atoms with E-state index in [2.05, 4.69) is 84.6 Å². The van der Waals surface area contributed by atoms with Crippen LogP contribution in [0.2, 0.25) is 0 Å². The number of nitrogens with one attached hydrogen (secondary N) is 9. The smallest absolute Gasteiger partial charge is 0.137 e. The first-order valence-electron chi connectivity index (χ1n) is 9.70. The fraction of sp³-hybridized carbons (Fsp3) is 0.333. The van der Waals surface area contributed by atoms with Gasteiger partial charge in [-0.25, -0.2) is 0 Å². The van der Waals surface area contributed by atoms with Gasteiger partial charge in [-0.3, -0.25) is 0 Å². The predicted molar refractivity (Wildman–Crippen MR) is 139 cm³/mol. The zero-order valence-electron chi connectivity index (χ0n) is 17.8. The van der Waals surface area contributed by atoms with Crippen molar-refractivity contribution in [2.75, 3.05) is 39.3 Å². The monoisotopic (exact) mass is 474 g/mol. The highest BCUT2D eigenvalue weighted by atomic mass is 31.3. The van der Waals surface area contributed by atoms with E-state index in [9.17, 15) is 0 Å². The Morgan fingerprint density at radius 2 is 0.567 bits per heavy atom. The molecule has 9 N–H and O–H groups in total. The second kappa shape index (κ2) is 14.4. The van der Waals surface area contributed by atoms with Crippen LogP contribution < -0.4 is 45.1 Å². The van der Waals surface area contributed by atoms with Gasteiger partial charge >= 0.3 is 23.6 Å². The summed E-state index contributed by atoms with van der Waals surface area (Å²) in [7, 11) is -6.96. The summed E-state index contributed by atoms with van der Waals surface area (Å²) in [6.07, 6.45) is 11.0. The van der Waals surface area contributed by atoms with Gasteiger partial charge in [0.05, 0.1) is 39.3 Å². The molecule has 0 aromatic carbocycles. The van der Waals surface area contributed by atoms with E-state index in [0.717, 1.165) is 0 Å². The Balaban J connectivity index is 3.48. The van der Waals surface area contributed by atoms with Crippen LogP contribution in [0.3, 0.4) is 0 Å². The SMILES string of the molecule is C=CCN[P+]1(NCC=C)N[P+](NCC=C)(NCC=C)N[P+](NCC=C)(NCC=C)N1. The van der Waals surface area contributed by atoms with E-state index in [1.54, 1.807) is 0 Å². The molecule has 9 nitrogen and oxygen atoms in total. The van der Waals surface area contributed by atoms with Crippen LogP contribution in [-0.4, -0.2) is 39.3 Å². The molecule has 1 rings (SSSR count). The molecule has 0 aromatic rings. The van der Waals surface area contributed by atoms with E-state index >= 15 is 0 Å². The van der Waals surface area contributed by atoms with E-state index in [1.165, 1.54) is 0 Å². The Kier molecular flexibility index (Phi) is 13.2. The molecule has 1 fully saturated rings. The fourth-order valence-corrected chi connectivity index (χ4v) is 15.8. The van der Waals surface area contributed by atoms with Crippen molar-refractivity contribution in [3.63, 3.8) is 0 Å². The van der Waals surface area contributed by atoms with Gasteiger partial charge in [-0.05, 0) is 0 Å². The second-order valence-electron chi connectivity index (χ2n) is 6.22. The molecular formula is C18H39N9P3+3. The van der Waals surface area contributed by atoms with E-state index in [0.29, 0.717) is 39.3 Å². The normalized spacial score (nSPS) is 18.8.